The number of amides is 1. The van der Waals surface area contributed by atoms with Crippen LogP contribution in [0.25, 0.3) is 0 Å². The number of likely N-dealkylation sites (tertiary alicyclic amines) is 1. The molecule has 1 aliphatic heterocycles. The molecule has 2 fully saturated rings. The summed E-state index contributed by atoms with van der Waals surface area (Å²) in [6.07, 6.45) is 6.40. The van der Waals surface area contributed by atoms with E-state index in [1.165, 1.54) is 12.8 Å². The van der Waals surface area contributed by atoms with E-state index in [9.17, 15) is 4.79 Å². The van der Waals surface area contributed by atoms with E-state index in [1.807, 2.05) is 35.2 Å². The molecule has 1 aromatic carbocycles. The van der Waals surface area contributed by atoms with Crippen LogP contribution in [0.4, 0.5) is 0 Å². The number of hydrogen-bond donors (Lipinski definition) is 1. The van der Waals surface area contributed by atoms with Crippen molar-refractivity contribution in [3.8, 4) is 11.5 Å². The summed E-state index contributed by atoms with van der Waals surface area (Å²) in [5.74, 6) is 2.27. The third kappa shape index (κ3) is 6.09. The summed E-state index contributed by atoms with van der Waals surface area (Å²) in [6.45, 7) is 2.71. The van der Waals surface area contributed by atoms with Gasteiger partial charge in [0.2, 0.25) is 0 Å². The molecule has 152 valence electrons. The summed E-state index contributed by atoms with van der Waals surface area (Å²) in [7, 11) is 0. The van der Waals surface area contributed by atoms with Crippen LogP contribution in [0.3, 0.4) is 0 Å². The maximum atomic E-state index is 12.8. The first-order chi connectivity index (χ1) is 12.8. The predicted molar refractivity (Wildman–Crippen MR) is 115 cm³/mol. The van der Waals surface area contributed by atoms with Crippen LogP contribution in [0.15, 0.2) is 48.7 Å². The molecule has 1 saturated heterocycles. The Labute approximate surface area is 178 Å². The molecule has 0 atom stereocenters. The average Bonchev–Trinajstić information content (AvgIpc) is 3.52. The number of carbonyl (C=O) groups excluding carboxylic acids is 1. The fourth-order valence-electron chi connectivity index (χ4n) is 3.32. The molecule has 1 saturated carbocycles. The number of para-hydroxylation sites is 1. The second-order valence-corrected chi connectivity index (χ2v) is 7.21. The molecule has 0 radical (unpaired) electrons. The Morgan fingerprint density at radius 1 is 1.04 bits per heavy atom. The van der Waals surface area contributed by atoms with Crippen molar-refractivity contribution in [2.45, 2.75) is 31.7 Å². The summed E-state index contributed by atoms with van der Waals surface area (Å²) >= 11 is 0. The number of ether oxygens (including phenoxy) is 1. The number of pyridine rings is 1. The van der Waals surface area contributed by atoms with Crippen molar-refractivity contribution in [1.29, 1.82) is 0 Å². The van der Waals surface area contributed by atoms with Gasteiger partial charge in [0, 0.05) is 31.4 Å². The Kier molecular flexibility index (Phi) is 8.55. The van der Waals surface area contributed by atoms with Crippen LogP contribution in [0.2, 0.25) is 0 Å². The fraction of sp³-hybridized carbons (Fsp3) is 0.429. The smallest absolute Gasteiger partial charge is 0.272 e. The summed E-state index contributed by atoms with van der Waals surface area (Å²) in [5.41, 5.74) is 0.447. The van der Waals surface area contributed by atoms with E-state index >= 15 is 0 Å². The Morgan fingerprint density at radius 2 is 1.75 bits per heavy atom. The Morgan fingerprint density at radius 3 is 2.43 bits per heavy atom. The van der Waals surface area contributed by atoms with Gasteiger partial charge in [0.15, 0.2) is 0 Å². The lowest BCUT2D eigenvalue weighted by molar-refractivity contribution is 0.0698. The van der Waals surface area contributed by atoms with Gasteiger partial charge in [-0.25, -0.2) is 0 Å². The monoisotopic (exact) mass is 423 g/mol. The molecule has 2 aromatic rings. The lowest BCUT2D eigenvalue weighted by Gasteiger charge is -2.32. The van der Waals surface area contributed by atoms with Crippen molar-refractivity contribution in [1.82, 2.24) is 15.2 Å². The molecule has 1 aliphatic carbocycles. The first kappa shape index (κ1) is 22.5. The topological polar surface area (TPSA) is 54.5 Å². The number of hydrogen-bond acceptors (Lipinski definition) is 4. The number of halogens is 2. The van der Waals surface area contributed by atoms with Crippen LogP contribution >= 0.6 is 24.8 Å². The maximum absolute atomic E-state index is 12.8. The van der Waals surface area contributed by atoms with E-state index in [-0.39, 0.29) is 30.7 Å². The van der Waals surface area contributed by atoms with E-state index < -0.39 is 0 Å². The molecule has 0 unspecified atom stereocenters. The number of piperidine rings is 1. The third-order valence-electron chi connectivity index (χ3n) is 5.10. The Hall–Kier alpha value is -1.82. The average molecular weight is 424 g/mol. The van der Waals surface area contributed by atoms with E-state index in [1.54, 1.807) is 18.3 Å². The van der Waals surface area contributed by atoms with Crippen molar-refractivity contribution in [3.05, 3.63) is 54.4 Å². The summed E-state index contributed by atoms with van der Waals surface area (Å²) in [6, 6.07) is 13.6. The Balaban J connectivity index is 0.00000140. The third-order valence-corrected chi connectivity index (χ3v) is 5.10. The summed E-state index contributed by atoms with van der Waals surface area (Å²) < 4.78 is 5.81. The van der Waals surface area contributed by atoms with Crippen LogP contribution in [-0.4, -0.2) is 41.5 Å². The zero-order valence-electron chi connectivity index (χ0n) is 15.8. The molecule has 0 bridgehead atoms. The molecule has 2 heterocycles. The zero-order chi connectivity index (χ0) is 17.8. The molecule has 5 nitrogen and oxygen atoms in total. The van der Waals surface area contributed by atoms with Crippen LogP contribution in [0.5, 0.6) is 11.5 Å². The van der Waals surface area contributed by atoms with Gasteiger partial charge in [-0.2, -0.15) is 0 Å². The summed E-state index contributed by atoms with van der Waals surface area (Å²) in [5, 5.41) is 3.65. The summed E-state index contributed by atoms with van der Waals surface area (Å²) in [4.78, 5) is 18.9. The molecular formula is C21H27Cl2N3O2. The van der Waals surface area contributed by atoms with Crippen LogP contribution in [0.1, 0.15) is 36.2 Å². The molecule has 28 heavy (non-hydrogen) atoms. The van der Waals surface area contributed by atoms with Crippen molar-refractivity contribution < 1.29 is 9.53 Å². The first-order valence-corrected chi connectivity index (χ1v) is 9.49. The van der Waals surface area contributed by atoms with Gasteiger partial charge in [-0.05, 0) is 56.3 Å². The number of carbonyl (C=O) groups is 1. The fourth-order valence-corrected chi connectivity index (χ4v) is 3.32. The van der Waals surface area contributed by atoms with Crippen molar-refractivity contribution >= 4 is 30.7 Å². The first-order valence-electron chi connectivity index (χ1n) is 9.49. The minimum Gasteiger partial charge on any atom is -0.457 e. The minimum atomic E-state index is -0.0100. The van der Waals surface area contributed by atoms with Crippen molar-refractivity contribution in [2.24, 2.45) is 5.92 Å². The largest absolute Gasteiger partial charge is 0.457 e. The van der Waals surface area contributed by atoms with E-state index in [0.717, 1.165) is 44.1 Å². The number of benzene rings is 1. The highest BCUT2D eigenvalue weighted by atomic mass is 35.5. The maximum Gasteiger partial charge on any atom is 0.272 e. The number of aromatic nitrogens is 1. The van der Waals surface area contributed by atoms with E-state index in [2.05, 4.69) is 10.3 Å². The van der Waals surface area contributed by atoms with Crippen molar-refractivity contribution in [3.63, 3.8) is 0 Å². The number of nitrogens with one attached hydrogen (secondary N) is 1. The van der Waals surface area contributed by atoms with Gasteiger partial charge >= 0.3 is 0 Å². The highest BCUT2D eigenvalue weighted by molar-refractivity contribution is 5.92. The lowest BCUT2D eigenvalue weighted by Crippen LogP contribution is -2.45. The Bertz CT molecular complexity index is 748. The van der Waals surface area contributed by atoms with Crippen molar-refractivity contribution in [2.75, 3.05) is 19.6 Å². The minimum absolute atomic E-state index is 0. The zero-order valence-corrected chi connectivity index (χ0v) is 17.4. The second kappa shape index (κ2) is 10.6. The van der Waals surface area contributed by atoms with Gasteiger partial charge in [-0.15, -0.1) is 24.8 Å². The molecule has 7 heteroatoms. The van der Waals surface area contributed by atoms with Crippen LogP contribution in [0, 0.1) is 5.92 Å². The lowest BCUT2D eigenvalue weighted by atomic mass is 10.0. The number of rotatable bonds is 6. The highest BCUT2D eigenvalue weighted by Crippen LogP contribution is 2.28. The molecule has 1 amide bonds. The normalized spacial score (nSPS) is 16.6. The molecule has 1 aromatic heterocycles. The molecule has 4 rings (SSSR count). The number of nitrogens with zero attached hydrogens (tertiary/aromatic N) is 2. The quantitative estimate of drug-likeness (QED) is 0.751. The van der Waals surface area contributed by atoms with Gasteiger partial charge in [-0.1, -0.05) is 18.2 Å². The van der Waals surface area contributed by atoms with E-state index in [4.69, 9.17) is 4.74 Å². The van der Waals surface area contributed by atoms with Crippen LogP contribution in [-0.2, 0) is 0 Å². The van der Waals surface area contributed by atoms with Crippen LogP contribution < -0.4 is 10.1 Å². The van der Waals surface area contributed by atoms with Gasteiger partial charge in [0.25, 0.3) is 5.91 Å². The highest BCUT2D eigenvalue weighted by Gasteiger charge is 2.26. The SMILES string of the molecule is Cl.Cl.O=C(c1cc(Oc2ccccc2)ccn1)N1CCC(NCC2CC2)CC1. The van der Waals surface area contributed by atoms with Gasteiger partial charge in [0.05, 0.1) is 0 Å². The molecule has 1 N–H and O–H groups in total. The van der Waals surface area contributed by atoms with Gasteiger partial charge < -0.3 is 15.0 Å². The molecule has 0 spiro atoms. The molecular weight excluding hydrogens is 397 g/mol. The predicted octanol–water partition coefficient (Wildman–Crippen LogP) is 4.32. The van der Waals surface area contributed by atoms with Gasteiger partial charge in [-0.3, -0.25) is 9.78 Å². The van der Waals surface area contributed by atoms with E-state index in [0.29, 0.717) is 17.5 Å². The molecule has 2 aliphatic rings. The standard InChI is InChI=1S/C21H25N3O2.2ClH/c25-21(24-12-9-17(10-13-24)23-15-16-6-7-16)20-14-19(8-11-22-20)26-18-4-2-1-3-5-18;;/h1-5,8,11,14,16-17,23H,6-7,9-10,12-13,15H2;2*1H. The second-order valence-electron chi connectivity index (χ2n) is 7.21. The van der Waals surface area contributed by atoms with Gasteiger partial charge in [0.1, 0.15) is 17.2 Å².